The van der Waals surface area contributed by atoms with E-state index in [1.54, 1.807) is 36.3 Å². The van der Waals surface area contributed by atoms with E-state index in [1.807, 2.05) is 54.6 Å². The largest absolute Gasteiger partial charge is 0.497 e. The summed E-state index contributed by atoms with van der Waals surface area (Å²) in [6.07, 6.45) is 2.05. The molecule has 1 aliphatic carbocycles. The van der Waals surface area contributed by atoms with E-state index >= 15 is 0 Å². The number of nitrogens with one attached hydrogen (secondary N) is 2. The first kappa shape index (κ1) is 20.8. The van der Waals surface area contributed by atoms with Crippen molar-refractivity contribution < 1.29 is 14.3 Å². The Balaban J connectivity index is 1.65. The van der Waals surface area contributed by atoms with Gasteiger partial charge in [-0.25, -0.2) is 4.79 Å². The van der Waals surface area contributed by atoms with Crippen LogP contribution in [0.5, 0.6) is 5.75 Å². The van der Waals surface area contributed by atoms with Gasteiger partial charge in [-0.15, -0.1) is 0 Å². The van der Waals surface area contributed by atoms with Crippen LogP contribution in [0.4, 0.5) is 21.9 Å². The van der Waals surface area contributed by atoms with Crippen LogP contribution in [0.25, 0.3) is 0 Å². The summed E-state index contributed by atoms with van der Waals surface area (Å²) in [6, 6.07) is 23.8. The summed E-state index contributed by atoms with van der Waals surface area (Å²) in [6.45, 7) is 0. The summed E-state index contributed by atoms with van der Waals surface area (Å²) in [7, 11) is 1.60. The van der Waals surface area contributed by atoms with Gasteiger partial charge in [0.25, 0.3) is 0 Å². The monoisotopic (exact) mass is 439 g/mol. The Hall–Kier alpha value is -4.06. The molecule has 0 aromatic heterocycles. The first-order chi connectivity index (χ1) is 16.2. The van der Waals surface area contributed by atoms with E-state index < -0.39 is 6.04 Å². The lowest BCUT2D eigenvalue weighted by molar-refractivity contribution is -0.116. The van der Waals surface area contributed by atoms with Crippen LogP contribution in [0.3, 0.4) is 0 Å². The summed E-state index contributed by atoms with van der Waals surface area (Å²) < 4.78 is 5.22. The van der Waals surface area contributed by atoms with Gasteiger partial charge in [-0.05, 0) is 54.8 Å². The molecule has 3 aromatic carbocycles. The second kappa shape index (κ2) is 8.82. The van der Waals surface area contributed by atoms with Crippen molar-refractivity contribution in [3.8, 4) is 5.75 Å². The molecule has 1 heterocycles. The van der Waals surface area contributed by atoms with Gasteiger partial charge in [-0.1, -0.05) is 42.5 Å². The Bertz CT molecular complexity index is 1220. The third kappa shape index (κ3) is 3.96. The number of urea groups is 1. The maximum absolute atomic E-state index is 13.8. The summed E-state index contributed by atoms with van der Waals surface area (Å²) in [5, 5.41) is 6.49. The molecule has 166 valence electrons. The van der Waals surface area contributed by atoms with Gasteiger partial charge in [0.05, 0.1) is 24.5 Å². The SMILES string of the molecule is COc1ccc(NC(=O)N2c3ccccc3NC3=C(C(=O)CCC3)C2c2ccccc2)cc1. The van der Waals surface area contributed by atoms with Gasteiger partial charge < -0.3 is 15.4 Å². The lowest BCUT2D eigenvalue weighted by atomic mass is 9.86. The highest BCUT2D eigenvalue weighted by Gasteiger charge is 2.39. The van der Waals surface area contributed by atoms with E-state index in [1.165, 1.54) is 0 Å². The molecule has 0 saturated carbocycles. The normalized spacial score (nSPS) is 17.4. The van der Waals surface area contributed by atoms with Gasteiger partial charge in [0.1, 0.15) is 5.75 Å². The molecular weight excluding hydrogens is 414 g/mol. The fourth-order valence-corrected chi connectivity index (χ4v) is 4.57. The van der Waals surface area contributed by atoms with E-state index in [-0.39, 0.29) is 11.8 Å². The molecule has 3 aromatic rings. The van der Waals surface area contributed by atoms with Crippen LogP contribution in [-0.4, -0.2) is 18.9 Å². The number of Topliss-reactive ketones (excluding diaryl/α,β-unsaturated/α-hetero) is 1. The predicted molar refractivity (Wildman–Crippen MR) is 130 cm³/mol. The van der Waals surface area contributed by atoms with E-state index in [4.69, 9.17) is 4.74 Å². The Labute approximate surface area is 192 Å². The van der Waals surface area contributed by atoms with Crippen molar-refractivity contribution >= 4 is 28.9 Å². The predicted octanol–water partition coefficient (Wildman–Crippen LogP) is 5.91. The van der Waals surface area contributed by atoms with Crippen molar-refractivity contribution in [1.29, 1.82) is 0 Å². The van der Waals surface area contributed by atoms with E-state index in [9.17, 15) is 9.59 Å². The smallest absolute Gasteiger partial charge is 0.327 e. The Morgan fingerprint density at radius 2 is 1.70 bits per heavy atom. The molecule has 0 fully saturated rings. The maximum atomic E-state index is 13.8. The van der Waals surface area contributed by atoms with Gasteiger partial charge in [0.2, 0.25) is 0 Å². The highest BCUT2D eigenvalue weighted by atomic mass is 16.5. The molecule has 0 radical (unpaired) electrons. The third-order valence-corrected chi connectivity index (χ3v) is 6.11. The first-order valence-corrected chi connectivity index (χ1v) is 11.1. The Morgan fingerprint density at radius 3 is 2.45 bits per heavy atom. The number of methoxy groups -OCH3 is 1. The minimum atomic E-state index is -0.539. The number of amides is 2. The van der Waals surface area contributed by atoms with Crippen LogP contribution in [-0.2, 0) is 4.79 Å². The number of allylic oxidation sites excluding steroid dienone is 1. The number of carbonyl (C=O) groups excluding carboxylic acids is 2. The number of fused-ring (bicyclic) bond motifs is 1. The zero-order valence-electron chi connectivity index (χ0n) is 18.4. The lowest BCUT2D eigenvalue weighted by Gasteiger charge is -2.33. The summed E-state index contributed by atoms with van der Waals surface area (Å²) in [5.41, 5.74) is 4.62. The molecule has 1 unspecified atom stereocenters. The fraction of sp³-hybridized carbons (Fsp3) is 0.185. The first-order valence-electron chi connectivity index (χ1n) is 11.1. The highest BCUT2D eigenvalue weighted by molar-refractivity contribution is 6.09. The summed E-state index contributed by atoms with van der Waals surface area (Å²) >= 11 is 0. The molecular formula is C27H25N3O3. The van der Waals surface area contributed by atoms with Gasteiger partial charge in [-0.3, -0.25) is 9.69 Å². The van der Waals surface area contributed by atoms with Crippen LogP contribution in [0, 0.1) is 0 Å². The van der Waals surface area contributed by atoms with Crippen molar-refractivity contribution in [3.63, 3.8) is 0 Å². The fourth-order valence-electron chi connectivity index (χ4n) is 4.57. The van der Waals surface area contributed by atoms with Crippen molar-refractivity contribution in [2.45, 2.75) is 25.3 Å². The van der Waals surface area contributed by atoms with Crippen molar-refractivity contribution in [1.82, 2.24) is 0 Å². The molecule has 0 spiro atoms. The number of nitrogens with zero attached hydrogens (tertiary/aromatic N) is 1. The molecule has 6 heteroatoms. The molecule has 2 amide bonds. The minimum absolute atomic E-state index is 0.0765. The molecule has 2 N–H and O–H groups in total. The Kier molecular flexibility index (Phi) is 5.57. The maximum Gasteiger partial charge on any atom is 0.327 e. The van der Waals surface area contributed by atoms with Gasteiger partial charge in [0.15, 0.2) is 5.78 Å². The number of para-hydroxylation sites is 2. The topological polar surface area (TPSA) is 70.7 Å². The van der Waals surface area contributed by atoms with E-state index in [0.29, 0.717) is 23.4 Å². The standard InChI is InChI=1S/C27H25N3O3/c1-33-20-16-14-19(15-17-20)28-27(32)30-23-12-6-5-10-21(23)29-22-11-7-13-24(31)25(22)26(30)18-8-3-2-4-9-18/h2-6,8-10,12,14-17,26,29H,7,11,13H2,1H3,(H,28,32). The van der Waals surface area contributed by atoms with E-state index in [2.05, 4.69) is 10.6 Å². The number of carbonyl (C=O) groups is 2. The number of hydrogen-bond acceptors (Lipinski definition) is 4. The molecule has 1 atom stereocenters. The zero-order valence-corrected chi connectivity index (χ0v) is 18.4. The number of ether oxygens (including phenoxy) is 1. The average Bonchev–Trinajstić information content (AvgIpc) is 3.00. The minimum Gasteiger partial charge on any atom is -0.497 e. The molecule has 0 bridgehead atoms. The van der Waals surface area contributed by atoms with Gasteiger partial charge >= 0.3 is 6.03 Å². The van der Waals surface area contributed by atoms with Gasteiger partial charge in [-0.2, -0.15) is 0 Å². The van der Waals surface area contributed by atoms with Crippen molar-refractivity contribution in [3.05, 3.63) is 95.7 Å². The molecule has 1 aliphatic heterocycles. The number of rotatable bonds is 3. The molecule has 5 rings (SSSR count). The Morgan fingerprint density at radius 1 is 0.970 bits per heavy atom. The lowest BCUT2D eigenvalue weighted by Crippen LogP contribution is -2.40. The summed E-state index contributed by atoms with van der Waals surface area (Å²) in [4.78, 5) is 28.8. The summed E-state index contributed by atoms with van der Waals surface area (Å²) in [5.74, 6) is 0.787. The van der Waals surface area contributed by atoms with E-state index in [0.717, 1.165) is 35.5 Å². The zero-order chi connectivity index (χ0) is 22.8. The molecule has 6 nitrogen and oxygen atoms in total. The molecule has 0 saturated heterocycles. The third-order valence-electron chi connectivity index (χ3n) is 6.11. The number of hydrogen-bond donors (Lipinski definition) is 2. The number of ketones is 1. The van der Waals surface area contributed by atoms with Crippen molar-refractivity contribution in [2.24, 2.45) is 0 Å². The van der Waals surface area contributed by atoms with Crippen LogP contribution in [0.1, 0.15) is 30.9 Å². The highest BCUT2D eigenvalue weighted by Crippen LogP contribution is 2.44. The van der Waals surface area contributed by atoms with Crippen molar-refractivity contribution in [2.75, 3.05) is 22.6 Å². The average molecular weight is 440 g/mol. The van der Waals surface area contributed by atoms with Crippen LogP contribution >= 0.6 is 0 Å². The second-order valence-corrected chi connectivity index (χ2v) is 8.15. The number of benzene rings is 3. The van der Waals surface area contributed by atoms with Crippen LogP contribution in [0.2, 0.25) is 0 Å². The van der Waals surface area contributed by atoms with Crippen LogP contribution < -0.4 is 20.3 Å². The molecule has 2 aliphatic rings. The second-order valence-electron chi connectivity index (χ2n) is 8.15. The quantitative estimate of drug-likeness (QED) is 0.532. The number of anilines is 3. The molecule has 33 heavy (non-hydrogen) atoms. The van der Waals surface area contributed by atoms with Crippen LogP contribution in [0.15, 0.2) is 90.1 Å². The van der Waals surface area contributed by atoms with Gasteiger partial charge in [0, 0.05) is 23.4 Å².